The smallest absolute Gasteiger partial charge is 0.159 e. The summed E-state index contributed by atoms with van der Waals surface area (Å²) in [6, 6.07) is 0. The SMILES string of the molecule is CCOC(c1nc(Cl)c(I)c(CC)n1)C(C)C. The number of halogens is 2. The molecule has 1 rings (SSSR count). The second kappa shape index (κ2) is 6.85. The Morgan fingerprint density at radius 3 is 2.41 bits per heavy atom. The molecular formula is C12H18ClIN2O. The van der Waals surface area contributed by atoms with Gasteiger partial charge in [0.2, 0.25) is 0 Å². The van der Waals surface area contributed by atoms with Gasteiger partial charge < -0.3 is 4.74 Å². The lowest BCUT2D eigenvalue weighted by Gasteiger charge is -2.20. The summed E-state index contributed by atoms with van der Waals surface area (Å²) in [5.41, 5.74) is 0.992. The summed E-state index contributed by atoms with van der Waals surface area (Å²) in [5.74, 6) is 1.03. The summed E-state index contributed by atoms with van der Waals surface area (Å²) in [6.45, 7) is 8.89. The number of aromatic nitrogens is 2. The molecule has 3 nitrogen and oxygen atoms in total. The van der Waals surface area contributed by atoms with Crippen LogP contribution in [0.4, 0.5) is 0 Å². The zero-order valence-corrected chi connectivity index (χ0v) is 13.5. The van der Waals surface area contributed by atoms with E-state index in [2.05, 4.69) is 53.3 Å². The quantitative estimate of drug-likeness (QED) is 0.581. The third-order valence-corrected chi connectivity index (χ3v) is 4.16. The first kappa shape index (κ1) is 15.1. The summed E-state index contributed by atoms with van der Waals surface area (Å²) in [5, 5.41) is 0.526. The topological polar surface area (TPSA) is 35.0 Å². The Kier molecular flexibility index (Phi) is 6.09. The van der Waals surface area contributed by atoms with Gasteiger partial charge in [0.1, 0.15) is 11.3 Å². The normalized spacial score (nSPS) is 13.1. The minimum atomic E-state index is -0.0835. The van der Waals surface area contributed by atoms with Gasteiger partial charge in [-0.25, -0.2) is 9.97 Å². The van der Waals surface area contributed by atoms with E-state index in [1.165, 1.54) is 0 Å². The molecule has 0 aliphatic heterocycles. The molecule has 0 aromatic carbocycles. The third-order valence-electron chi connectivity index (χ3n) is 2.44. The van der Waals surface area contributed by atoms with Crippen molar-refractivity contribution in [3.05, 3.63) is 20.2 Å². The fraction of sp³-hybridized carbons (Fsp3) is 0.667. The van der Waals surface area contributed by atoms with Gasteiger partial charge in [-0.15, -0.1) is 0 Å². The van der Waals surface area contributed by atoms with E-state index in [-0.39, 0.29) is 6.10 Å². The Morgan fingerprint density at radius 2 is 1.94 bits per heavy atom. The molecule has 0 saturated heterocycles. The van der Waals surface area contributed by atoms with Crippen LogP contribution in [0.25, 0.3) is 0 Å². The zero-order chi connectivity index (χ0) is 13.0. The lowest BCUT2D eigenvalue weighted by atomic mass is 10.1. The van der Waals surface area contributed by atoms with Crippen molar-refractivity contribution in [2.75, 3.05) is 6.61 Å². The number of aryl methyl sites for hydroxylation is 1. The van der Waals surface area contributed by atoms with Gasteiger partial charge in [0.05, 0.1) is 9.26 Å². The molecular weight excluding hydrogens is 351 g/mol. The van der Waals surface area contributed by atoms with Crippen LogP contribution in [-0.2, 0) is 11.2 Å². The van der Waals surface area contributed by atoms with Gasteiger partial charge in [0, 0.05) is 6.61 Å². The van der Waals surface area contributed by atoms with Crippen LogP contribution in [0.2, 0.25) is 5.15 Å². The molecule has 17 heavy (non-hydrogen) atoms. The van der Waals surface area contributed by atoms with Crippen LogP contribution in [0, 0.1) is 9.49 Å². The lowest BCUT2D eigenvalue weighted by Crippen LogP contribution is -2.16. The minimum Gasteiger partial charge on any atom is -0.370 e. The first-order chi connectivity index (χ1) is 8.01. The van der Waals surface area contributed by atoms with E-state index in [1.807, 2.05) is 6.92 Å². The monoisotopic (exact) mass is 368 g/mol. The Balaban J connectivity index is 3.15. The molecule has 1 aromatic heterocycles. The Hall–Kier alpha value is 0.0600. The van der Waals surface area contributed by atoms with Gasteiger partial charge in [0.15, 0.2) is 5.82 Å². The van der Waals surface area contributed by atoms with Crippen molar-refractivity contribution in [1.29, 1.82) is 0 Å². The van der Waals surface area contributed by atoms with Crippen LogP contribution in [0.5, 0.6) is 0 Å². The van der Waals surface area contributed by atoms with Crippen molar-refractivity contribution < 1.29 is 4.74 Å². The molecule has 0 bridgehead atoms. The van der Waals surface area contributed by atoms with E-state index < -0.39 is 0 Å². The summed E-state index contributed by atoms with van der Waals surface area (Å²) < 4.78 is 6.64. The maximum absolute atomic E-state index is 6.13. The van der Waals surface area contributed by atoms with Gasteiger partial charge in [-0.2, -0.15) is 0 Å². The Labute approximate surface area is 121 Å². The van der Waals surface area contributed by atoms with Crippen molar-refractivity contribution in [2.24, 2.45) is 5.92 Å². The zero-order valence-electron chi connectivity index (χ0n) is 10.6. The molecule has 0 saturated carbocycles. The average molecular weight is 369 g/mol. The van der Waals surface area contributed by atoms with Gasteiger partial charge in [0.25, 0.3) is 0 Å². The maximum atomic E-state index is 6.13. The molecule has 0 aliphatic carbocycles. The molecule has 1 atom stereocenters. The molecule has 0 amide bonds. The number of nitrogens with zero attached hydrogens (tertiary/aromatic N) is 2. The van der Waals surface area contributed by atoms with Gasteiger partial charge in [-0.1, -0.05) is 32.4 Å². The predicted molar refractivity (Wildman–Crippen MR) is 78.3 cm³/mol. The van der Waals surface area contributed by atoms with E-state index in [4.69, 9.17) is 16.3 Å². The molecule has 0 spiro atoms. The lowest BCUT2D eigenvalue weighted by molar-refractivity contribution is 0.0230. The molecule has 0 aliphatic rings. The fourth-order valence-electron chi connectivity index (χ4n) is 1.59. The van der Waals surface area contributed by atoms with Crippen molar-refractivity contribution in [3.63, 3.8) is 0 Å². The standard InChI is InChI=1S/C12H18ClIN2O/c1-5-8-9(14)11(13)16-12(15-8)10(7(3)4)17-6-2/h7,10H,5-6H2,1-4H3. The second-order valence-corrected chi connectivity index (χ2v) is 5.54. The number of rotatable bonds is 5. The van der Waals surface area contributed by atoms with Crippen LogP contribution in [0.3, 0.4) is 0 Å². The van der Waals surface area contributed by atoms with Crippen LogP contribution in [-0.4, -0.2) is 16.6 Å². The third kappa shape index (κ3) is 3.76. The van der Waals surface area contributed by atoms with Crippen LogP contribution in [0.15, 0.2) is 0 Å². The van der Waals surface area contributed by atoms with Crippen molar-refractivity contribution in [1.82, 2.24) is 9.97 Å². The molecule has 0 N–H and O–H groups in total. The minimum absolute atomic E-state index is 0.0835. The molecule has 0 fully saturated rings. The molecule has 5 heteroatoms. The van der Waals surface area contributed by atoms with Crippen LogP contribution >= 0.6 is 34.2 Å². The average Bonchev–Trinajstić information content (AvgIpc) is 2.29. The van der Waals surface area contributed by atoms with Crippen LogP contribution in [0.1, 0.15) is 45.3 Å². The van der Waals surface area contributed by atoms with E-state index in [0.29, 0.717) is 23.5 Å². The van der Waals surface area contributed by atoms with E-state index in [1.54, 1.807) is 0 Å². The molecule has 96 valence electrons. The van der Waals surface area contributed by atoms with E-state index in [9.17, 15) is 0 Å². The maximum Gasteiger partial charge on any atom is 0.159 e. The van der Waals surface area contributed by atoms with Gasteiger partial charge in [-0.05, 0) is 41.9 Å². The Morgan fingerprint density at radius 1 is 1.29 bits per heavy atom. The number of ether oxygens (including phenoxy) is 1. The summed E-state index contributed by atoms with van der Waals surface area (Å²) in [6.07, 6.45) is 0.768. The first-order valence-corrected chi connectivity index (χ1v) is 7.30. The fourth-order valence-corrected chi connectivity index (χ4v) is 2.41. The van der Waals surface area contributed by atoms with Crippen molar-refractivity contribution in [2.45, 2.75) is 40.2 Å². The second-order valence-electron chi connectivity index (χ2n) is 4.11. The van der Waals surface area contributed by atoms with Crippen molar-refractivity contribution >= 4 is 34.2 Å². The van der Waals surface area contributed by atoms with Gasteiger partial charge in [-0.3, -0.25) is 0 Å². The largest absolute Gasteiger partial charge is 0.370 e. The highest BCUT2D eigenvalue weighted by molar-refractivity contribution is 14.1. The molecule has 0 radical (unpaired) electrons. The number of hydrogen-bond acceptors (Lipinski definition) is 3. The number of hydrogen-bond donors (Lipinski definition) is 0. The highest BCUT2D eigenvalue weighted by atomic mass is 127. The first-order valence-electron chi connectivity index (χ1n) is 5.84. The summed E-state index contributed by atoms with van der Waals surface area (Å²) in [7, 11) is 0. The van der Waals surface area contributed by atoms with Gasteiger partial charge >= 0.3 is 0 Å². The Bertz CT molecular complexity index is 385. The highest BCUT2D eigenvalue weighted by Gasteiger charge is 2.21. The van der Waals surface area contributed by atoms with E-state index in [0.717, 1.165) is 15.7 Å². The van der Waals surface area contributed by atoms with Crippen LogP contribution < -0.4 is 0 Å². The molecule has 1 aromatic rings. The summed E-state index contributed by atoms with van der Waals surface area (Å²) >= 11 is 8.32. The highest BCUT2D eigenvalue weighted by Crippen LogP contribution is 2.27. The summed E-state index contributed by atoms with van der Waals surface area (Å²) in [4.78, 5) is 8.91. The van der Waals surface area contributed by atoms with E-state index >= 15 is 0 Å². The van der Waals surface area contributed by atoms with Crippen molar-refractivity contribution in [3.8, 4) is 0 Å². The predicted octanol–water partition coefficient (Wildman–Crippen LogP) is 4.03. The molecule has 1 heterocycles. The molecule has 1 unspecified atom stereocenters.